The molecular formula is C20H19N5O4S3. The van der Waals surface area contributed by atoms with Crippen LogP contribution in [0.3, 0.4) is 0 Å². The van der Waals surface area contributed by atoms with Gasteiger partial charge in [0.15, 0.2) is 10.8 Å². The van der Waals surface area contributed by atoms with Crippen LogP contribution in [0.25, 0.3) is 22.1 Å². The Morgan fingerprint density at radius 2 is 2.06 bits per heavy atom. The number of aromatic nitrogens is 4. The second-order valence-corrected chi connectivity index (χ2v) is 9.29. The second-order valence-electron chi connectivity index (χ2n) is 6.65. The number of nitrogens with zero attached hydrogens (tertiary/aromatic N) is 4. The van der Waals surface area contributed by atoms with Crippen molar-refractivity contribution in [3.63, 3.8) is 0 Å². The first-order valence-electron chi connectivity index (χ1n) is 9.62. The molecule has 0 spiro atoms. The van der Waals surface area contributed by atoms with E-state index in [9.17, 15) is 9.00 Å². The standard InChI is InChI=1S/C20H19N5O4S3/c1-2-3-15-23-16(19(31-15)29-20(26)24-32(27)28)14-6-4-13(5-7-14)12-25-10-8-21-17(25)18-22-9-11-30-18/h4-11H,2-3,12H2,1H3,(H,24,26)(H,27,28). The molecule has 4 aromatic rings. The summed E-state index contributed by atoms with van der Waals surface area (Å²) in [7, 11) is 0. The SMILES string of the molecule is CCCc1nc(-c2ccc(Cn3ccnc3-c3nccs3)cc2)c(OC(=O)NS(=O)O)s1. The molecule has 12 heteroatoms. The molecule has 166 valence electrons. The van der Waals surface area contributed by atoms with E-state index in [1.54, 1.807) is 17.1 Å². The highest BCUT2D eigenvalue weighted by Gasteiger charge is 2.18. The molecule has 2 N–H and O–H groups in total. The van der Waals surface area contributed by atoms with Crippen LogP contribution in [0.15, 0.2) is 48.2 Å². The topological polar surface area (TPSA) is 119 Å². The molecule has 3 heterocycles. The number of aryl methyl sites for hydroxylation is 1. The number of carbonyl (C=O) groups is 1. The number of amides is 1. The number of hydrogen-bond acceptors (Lipinski definition) is 8. The molecule has 0 bridgehead atoms. The molecule has 4 rings (SSSR count). The first kappa shape index (κ1) is 22.3. The summed E-state index contributed by atoms with van der Waals surface area (Å²) in [4.78, 5) is 25.2. The molecule has 1 aromatic carbocycles. The average Bonchev–Trinajstić information content (AvgIpc) is 3.49. The highest BCUT2D eigenvalue weighted by molar-refractivity contribution is 7.77. The van der Waals surface area contributed by atoms with Crippen LogP contribution in [0.1, 0.15) is 23.9 Å². The van der Waals surface area contributed by atoms with E-state index in [1.807, 2.05) is 47.3 Å². The van der Waals surface area contributed by atoms with E-state index < -0.39 is 17.4 Å². The van der Waals surface area contributed by atoms with Gasteiger partial charge in [-0.1, -0.05) is 42.5 Å². The van der Waals surface area contributed by atoms with E-state index in [0.29, 0.717) is 12.2 Å². The van der Waals surface area contributed by atoms with Gasteiger partial charge in [-0.15, -0.1) is 11.3 Å². The van der Waals surface area contributed by atoms with Crippen LogP contribution in [-0.4, -0.2) is 34.4 Å². The average molecular weight is 490 g/mol. The molecule has 0 aliphatic heterocycles. The molecule has 1 unspecified atom stereocenters. The van der Waals surface area contributed by atoms with Crippen LogP contribution in [-0.2, 0) is 24.2 Å². The van der Waals surface area contributed by atoms with Gasteiger partial charge < -0.3 is 9.30 Å². The van der Waals surface area contributed by atoms with Crippen molar-refractivity contribution in [1.82, 2.24) is 24.2 Å². The predicted molar refractivity (Wildman–Crippen MR) is 124 cm³/mol. The molecule has 1 amide bonds. The van der Waals surface area contributed by atoms with Crippen LogP contribution in [0.2, 0.25) is 0 Å². The largest absolute Gasteiger partial charge is 0.427 e. The Balaban J connectivity index is 1.56. The van der Waals surface area contributed by atoms with Gasteiger partial charge in [-0.3, -0.25) is 4.55 Å². The van der Waals surface area contributed by atoms with Crippen molar-refractivity contribution in [1.29, 1.82) is 0 Å². The lowest BCUT2D eigenvalue weighted by atomic mass is 10.1. The molecule has 3 aromatic heterocycles. The van der Waals surface area contributed by atoms with Gasteiger partial charge in [0.2, 0.25) is 5.06 Å². The number of thiazole rings is 2. The van der Waals surface area contributed by atoms with Gasteiger partial charge in [-0.2, -0.15) is 0 Å². The highest BCUT2D eigenvalue weighted by Crippen LogP contribution is 2.36. The third kappa shape index (κ3) is 5.27. The van der Waals surface area contributed by atoms with Crippen molar-refractivity contribution in [2.45, 2.75) is 26.3 Å². The Labute approximate surface area is 194 Å². The first-order valence-corrected chi connectivity index (χ1v) is 12.4. The van der Waals surface area contributed by atoms with Gasteiger partial charge in [0, 0.05) is 36.1 Å². The van der Waals surface area contributed by atoms with Crippen molar-refractivity contribution >= 4 is 40.0 Å². The lowest BCUT2D eigenvalue weighted by molar-refractivity contribution is 0.208. The zero-order valence-corrected chi connectivity index (χ0v) is 19.4. The lowest BCUT2D eigenvalue weighted by Crippen LogP contribution is -2.28. The Bertz CT molecular complexity index is 1220. The molecule has 9 nitrogen and oxygen atoms in total. The quantitative estimate of drug-likeness (QED) is 0.353. The second kappa shape index (κ2) is 10.1. The Hall–Kier alpha value is -2.93. The van der Waals surface area contributed by atoms with E-state index in [0.717, 1.165) is 39.8 Å². The summed E-state index contributed by atoms with van der Waals surface area (Å²) in [5.74, 6) is 0.816. The van der Waals surface area contributed by atoms with Crippen LogP contribution < -0.4 is 9.46 Å². The maximum absolute atomic E-state index is 11.8. The van der Waals surface area contributed by atoms with Gasteiger partial charge in [-0.25, -0.2) is 28.7 Å². The summed E-state index contributed by atoms with van der Waals surface area (Å²) in [5, 5.41) is 3.89. The number of nitrogens with one attached hydrogen (secondary N) is 1. The fourth-order valence-corrected chi connectivity index (χ4v) is 4.90. The van der Waals surface area contributed by atoms with E-state index in [1.165, 1.54) is 22.7 Å². The van der Waals surface area contributed by atoms with Gasteiger partial charge in [0.25, 0.3) is 11.3 Å². The molecule has 32 heavy (non-hydrogen) atoms. The summed E-state index contributed by atoms with van der Waals surface area (Å²) in [6.07, 6.45) is 6.05. The van der Waals surface area contributed by atoms with Crippen LogP contribution >= 0.6 is 22.7 Å². The maximum Gasteiger partial charge on any atom is 0.427 e. The Morgan fingerprint density at radius 1 is 1.25 bits per heavy atom. The third-order valence-corrected chi connectivity index (χ3v) is 6.48. The summed E-state index contributed by atoms with van der Waals surface area (Å²) in [6.45, 7) is 2.66. The van der Waals surface area contributed by atoms with E-state index in [4.69, 9.17) is 9.29 Å². The molecule has 1 atom stereocenters. The molecule has 0 aliphatic carbocycles. The molecule has 0 radical (unpaired) electrons. The molecule has 0 aliphatic rings. The Kier molecular flexibility index (Phi) is 7.05. The smallest absolute Gasteiger partial charge is 0.396 e. The zero-order valence-electron chi connectivity index (χ0n) is 16.9. The van der Waals surface area contributed by atoms with Crippen LogP contribution in [0.5, 0.6) is 5.06 Å². The monoisotopic (exact) mass is 489 g/mol. The zero-order chi connectivity index (χ0) is 22.5. The summed E-state index contributed by atoms with van der Waals surface area (Å²) in [6, 6.07) is 7.78. The number of hydrogen-bond donors (Lipinski definition) is 2. The minimum absolute atomic E-state index is 0.282. The number of imidazole rings is 1. The summed E-state index contributed by atoms with van der Waals surface area (Å²) in [5.41, 5.74) is 2.37. The predicted octanol–water partition coefficient (Wildman–Crippen LogP) is 4.36. The molecule has 0 saturated heterocycles. The van der Waals surface area contributed by atoms with Gasteiger partial charge in [0.1, 0.15) is 5.69 Å². The lowest BCUT2D eigenvalue weighted by Gasteiger charge is -2.08. The first-order chi connectivity index (χ1) is 15.5. The minimum atomic E-state index is -2.50. The normalized spacial score (nSPS) is 11.9. The summed E-state index contributed by atoms with van der Waals surface area (Å²) < 4.78 is 28.7. The highest BCUT2D eigenvalue weighted by atomic mass is 32.2. The van der Waals surface area contributed by atoms with Crippen molar-refractivity contribution in [2.75, 3.05) is 0 Å². The maximum atomic E-state index is 11.8. The summed E-state index contributed by atoms with van der Waals surface area (Å²) >= 11 is 0.287. The number of rotatable bonds is 8. The molecular weight excluding hydrogens is 470 g/mol. The van der Waals surface area contributed by atoms with Crippen molar-refractivity contribution in [3.05, 3.63) is 58.8 Å². The fraction of sp³-hybridized carbons (Fsp3) is 0.200. The van der Waals surface area contributed by atoms with Crippen LogP contribution in [0, 0.1) is 0 Å². The van der Waals surface area contributed by atoms with Crippen molar-refractivity contribution in [3.8, 4) is 27.2 Å². The Morgan fingerprint density at radius 3 is 2.75 bits per heavy atom. The van der Waals surface area contributed by atoms with E-state index in [2.05, 4.69) is 15.0 Å². The van der Waals surface area contributed by atoms with Gasteiger partial charge in [-0.05, 0) is 18.4 Å². The van der Waals surface area contributed by atoms with Crippen LogP contribution in [0.4, 0.5) is 4.79 Å². The number of ether oxygens (including phenoxy) is 1. The molecule has 0 fully saturated rings. The van der Waals surface area contributed by atoms with Gasteiger partial charge in [0.05, 0.1) is 5.01 Å². The van der Waals surface area contributed by atoms with Crippen molar-refractivity contribution < 1.29 is 18.3 Å². The number of benzene rings is 1. The van der Waals surface area contributed by atoms with E-state index >= 15 is 0 Å². The van der Waals surface area contributed by atoms with Gasteiger partial charge >= 0.3 is 6.09 Å². The third-order valence-electron chi connectivity index (χ3n) is 4.38. The molecule has 0 saturated carbocycles. The number of carbonyl (C=O) groups excluding carboxylic acids is 1. The minimum Gasteiger partial charge on any atom is -0.396 e. The fourth-order valence-electron chi connectivity index (χ4n) is 3.03. The van der Waals surface area contributed by atoms with E-state index in [-0.39, 0.29) is 5.06 Å². The van der Waals surface area contributed by atoms with Crippen molar-refractivity contribution in [2.24, 2.45) is 0 Å².